The molecule has 1 unspecified atom stereocenters. The summed E-state index contributed by atoms with van der Waals surface area (Å²) in [7, 11) is 0. The predicted octanol–water partition coefficient (Wildman–Crippen LogP) is 1.01. The van der Waals surface area contributed by atoms with Gasteiger partial charge in [0.15, 0.2) is 0 Å². The topological polar surface area (TPSA) is 73.0 Å². The van der Waals surface area contributed by atoms with Crippen LogP contribution in [0.2, 0.25) is 0 Å². The molecule has 1 N–H and O–H groups in total. The summed E-state index contributed by atoms with van der Waals surface area (Å²) in [5.41, 5.74) is 0. The van der Waals surface area contributed by atoms with E-state index in [-0.39, 0.29) is 17.9 Å². The number of nitrogens with zero attached hydrogens (tertiary/aromatic N) is 2. The summed E-state index contributed by atoms with van der Waals surface area (Å²) in [6.45, 7) is 0.445. The monoisotopic (exact) mass is 221 g/mol. The molecule has 86 valence electrons. The molecule has 16 heavy (non-hydrogen) atoms. The van der Waals surface area contributed by atoms with Gasteiger partial charge in [-0.2, -0.15) is 5.26 Å². The number of carbonyl (C=O) groups is 2. The van der Waals surface area contributed by atoms with Gasteiger partial charge in [0.1, 0.15) is 6.04 Å². The molecule has 0 aromatic heterocycles. The maximum Gasteiger partial charge on any atom is 0.325 e. The van der Waals surface area contributed by atoms with Crippen LogP contribution >= 0.6 is 0 Å². The van der Waals surface area contributed by atoms with Crippen molar-refractivity contribution in [2.75, 3.05) is 6.54 Å². The minimum atomic E-state index is -0.415. The second-order valence-electron chi connectivity index (χ2n) is 4.43. The lowest BCUT2D eigenvalue weighted by molar-refractivity contribution is -0.124. The minimum absolute atomic E-state index is 0.0156. The van der Waals surface area contributed by atoms with Crippen LogP contribution in [0.1, 0.15) is 32.1 Å². The fourth-order valence-electron chi connectivity index (χ4n) is 2.12. The van der Waals surface area contributed by atoms with Crippen molar-refractivity contribution in [3.63, 3.8) is 0 Å². The lowest BCUT2D eigenvalue weighted by atomic mass is 9.89. The van der Waals surface area contributed by atoms with Crippen LogP contribution in [0.3, 0.4) is 0 Å². The molecule has 1 atom stereocenters. The summed E-state index contributed by atoms with van der Waals surface area (Å²) in [4.78, 5) is 24.5. The fourth-order valence-corrected chi connectivity index (χ4v) is 2.12. The standard InChI is InChI=1S/C11H15N3O2/c12-6-9-7-14(9)11(16)13-10(15)8-4-2-1-3-5-8/h8-9H,1-5,7H2,(H,13,15,16). The summed E-state index contributed by atoms with van der Waals surface area (Å²) in [6, 6.07) is 1.23. The highest BCUT2D eigenvalue weighted by Gasteiger charge is 2.39. The third-order valence-corrected chi connectivity index (χ3v) is 3.23. The Morgan fingerprint density at radius 3 is 2.50 bits per heavy atom. The maximum absolute atomic E-state index is 11.7. The Balaban J connectivity index is 1.79. The normalized spacial score (nSPS) is 24.7. The Bertz CT molecular complexity index is 342. The molecule has 5 heteroatoms. The summed E-state index contributed by atoms with van der Waals surface area (Å²) in [6.07, 6.45) is 5.07. The van der Waals surface area contributed by atoms with Crippen LogP contribution in [0, 0.1) is 17.2 Å². The van der Waals surface area contributed by atoms with E-state index in [9.17, 15) is 9.59 Å². The molecular weight excluding hydrogens is 206 g/mol. The van der Waals surface area contributed by atoms with Crippen molar-refractivity contribution in [2.45, 2.75) is 38.1 Å². The molecule has 0 bridgehead atoms. The molecule has 2 rings (SSSR count). The van der Waals surface area contributed by atoms with Crippen LogP contribution in [0.15, 0.2) is 0 Å². The Kier molecular flexibility index (Phi) is 3.09. The molecular formula is C11H15N3O2. The van der Waals surface area contributed by atoms with Crippen molar-refractivity contribution in [3.8, 4) is 6.07 Å². The molecule has 3 amide bonds. The van der Waals surface area contributed by atoms with Gasteiger partial charge in [0.25, 0.3) is 0 Å². The van der Waals surface area contributed by atoms with E-state index in [0.29, 0.717) is 6.54 Å². The quantitative estimate of drug-likeness (QED) is 0.671. The van der Waals surface area contributed by atoms with Gasteiger partial charge < -0.3 is 4.90 Å². The Morgan fingerprint density at radius 2 is 1.94 bits per heavy atom. The highest BCUT2D eigenvalue weighted by atomic mass is 16.2. The SMILES string of the molecule is N#CC1CN1C(=O)NC(=O)C1CCCCC1. The summed E-state index contributed by atoms with van der Waals surface area (Å²) >= 11 is 0. The fraction of sp³-hybridized carbons (Fsp3) is 0.727. The van der Waals surface area contributed by atoms with Crippen LogP contribution < -0.4 is 5.32 Å². The molecule has 1 aliphatic carbocycles. The lowest BCUT2D eigenvalue weighted by Crippen LogP contribution is -2.39. The van der Waals surface area contributed by atoms with Gasteiger partial charge in [-0.15, -0.1) is 0 Å². The number of urea groups is 1. The second-order valence-corrected chi connectivity index (χ2v) is 4.43. The van der Waals surface area contributed by atoms with Crippen LogP contribution in [0.5, 0.6) is 0 Å². The number of nitrogens with one attached hydrogen (secondary N) is 1. The smallest absolute Gasteiger partial charge is 0.303 e. The van der Waals surface area contributed by atoms with E-state index < -0.39 is 6.03 Å². The van der Waals surface area contributed by atoms with E-state index in [2.05, 4.69) is 5.32 Å². The van der Waals surface area contributed by atoms with Crippen molar-refractivity contribution < 1.29 is 9.59 Å². The molecule has 0 radical (unpaired) electrons. The first kappa shape index (κ1) is 10.9. The molecule has 5 nitrogen and oxygen atoms in total. The molecule has 2 aliphatic rings. The average molecular weight is 221 g/mol. The molecule has 1 saturated carbocycles. The predicted molar refractivity (Wildman–Crippen MR) is 56.2 cm³/mol. The van der Waals surface area contributed by atoms with Gasteiger partial charge in [-0.1, -0.05) is 19.3 Å². The molecule has 1 aliphatic heterocycles. The Hall–Kier alpha value is -1.57. The van der Waals surface area contributed by atoms with E-state index in [1.807, 2.05) is 6.07 Å². The van der Waals surface area contributed by atoms with Crippen LogP contribution in [0.25, 0.3) is 0 Å². The first-order chi connectivity index (χ1) is 7.72. The van der Waals surface area contributed by atoms with Crippen LogP contribution in [-0.2, 0) is 4.79 Å². The van der Waals surface area contributed by atoms with Gasteiger partial charge >= 0.3 is 6.03 Å². The molecule has 1 heterocycles. The maximum atomic E-state index is 11.7. The molecule has 0 spiro atoms. The van der Waals surface area contributed by atoms with Crippen molar-refractivity contribution in [3.05, 3.63) is 0 Å². The van der Waals surface area contributed by atoms with Gasteiger partial charge in [0, 0.05) is 5.92 Å². The van der Waals surface area contributed by atoms with Crippen LogP contribution in [0.4, 0.5) is 4.79 Å². The van der Waals surface area contributed by atoms with Crippen molar-refractivity contribution >= 4 is 11.9 Å². The third-order valence-electron chi connectivity index (χ3n) is 3.23. The summed E-state index contributed by atoms with van der Waals surface area (Å²) < 4.78 is 0. The lowest BCUT2D eigenvalue weighted by Gasteiger charge is -2.20. The molecule has 0 aromatic carbocycles. The number of amides is 3. The van der Waals surface area contributed by atoms with Crippen molar-refractivity contribution in [1.82, 2.24) is 10.2 Å². The molecule has 2 fully saturated rings. The van der Waals surface area contributed by atoms with Gasteiger partial charge in [-0.25, -0.2) is 4.79 Å². The first-order valence-electron chi connectivity index (χ1n) is 5.73. The van der Waals surface area contributed by atoms with E-state index in [0.717, 1.165) is 25.7 Å². The van der Waals surface area contributed by atoms with Crippen molar-refractivity contribution in [2.24, 2.45) is 5.92 Å². The van der Waals surface area contributed by atoms with E-state index in [1.54, 1.807) is 0 Å². The average Bonchev–Trinajstić information content (AvgIpc) is 3.09. The van der Waals surface area contributed by atoms with E-state index in [1.165, 1.54) is 11.3 Å². The van der Waals surface area contributed by atoms with Gasteiger partial charge in [0.05, 0.1) is 12.6 Å². The second kappa shape index (κ2) is 4.52. The Labute approximate surface area is 94.4 Å². The number of hydrogen-bond acceptors (Lipinski definition) is 3. The van der Waals surface area contributed by atoms with Gasteiger partial charge in [0.2, 0.25) is 5.91 Å². The number of rotatable bonds is 1. The minimum Gasteiger partial charge on any atom is -0.303 e. The highest BCUT2D eigenvalue weighted by molar-refractivity contribution is 5.96. The zero-order chi connectivity index (χ0) is 11.5. The highest BCUT2D eigenvalue weighted by Crippen LogP contribution is 2.24. The van der Waals surface area contributed by atoms with Gasteiger partial charge in [-0.05, 0) is 12.8 Å². The largest absolute Gasteiger partial charge is 0.325 e. The third kappa shape index (κ3) is 2.32. The molecule has 1 saturated heterocycles. The zero-order valence-corrected chi connectivity index (χ0v) is 9.11. The van der Waals surface area contributed by atoms with Crippen molar-refractivity contribution in [1.29, 1.82) is 5.26 Å². The summed E-state index contributed by atoms with van der Waals surface area (Å²) in [5, 5.41) is 10.9. The first-order valence-corrected chi connectivity index (χ1v) is 5.73. The zero-order valence-electron chi connectivity index (χ0n) is 9.11. The Morgan fingerprint density at radius 1 is 1.25 bits per heavy atom. The van der Waals surface area contributed by atoms with E-state index >= 15 is 0 Å². The summed E-state index contributed by atoms with van der Waals surface area (Å²) in [5.74, 6) is -0.188. The number of imide groups is 1. The van der Waals surface area contributed by atoms with Gasteiger partial charge in [-0.3, -0.25) is 10.1 Å². The number of hydrogen-bond donors (Lipinski definition) is 1. The van der Waals surface area contributed by atoms with Crippen LogP contribution in [-0.4, -0.2) is 29.4 Å². The molecule has 0 aromatic rings. The number of nitriles is 1. The number of carbonyl (C=O) groups excluding carboxylic acids is 2. The van der Waals surface area contributed by atoms with E-state index in [4.69, 9.17) is 5.26 Å².